The van der Waals surface area contributed by atoms with Crippen LogP contribution >= 0.6 is 0 Å². The summed E-state index contributed by atoms with van der Waals surface area (Å²) in [6.07, 6.45) is 1.87. The molecule has 122 valence electrons. The molecule has 1 amide bonds. The van der Waals surface area contributed by atoms with Crippen molar-refractivity contribution in [1.82, 2.24) is 15.1 Å². The van der Waals surface area contributed by atoms with E-state index in [2.05, 4.69) is 29.4 Å². The van der Waals surface area contributed by atoms with E-state index in [1.165, 1.54) is 5.56 Å². The highest BCUT2D eigenvalue weighted by molar-refractivity contribution is 5.92. The summed E-state index contributed by atoms with van der Waals surface area (Å²) < 4.78 is 0. The number of hydrogen-bond acceptors (Lipinski definition) is 4. The van der Waals surface area contributed by atoms with E-state index in [9.17, 15) is 4.79 Å². The van der Waals surface area contributed by atoms with Crippen LogP contribution in [0.25, 0.3) is 0 Å². The lowest BCUT2D eigenvalue weighted by Crippen LogP contribution is -2.33. The van der Waals surface area contributed by atoms with Crippen LogP contribution < -0.4 is 5.32 Å². The fourth-order valence-electron chi connectivity index (χ4n) is 2.31. The molecule has 1 heterocycles. The second-order valence-electron chi connectivity index (χ2n) is 5.59. The molecule has 0 bridgehead atoms. The minimum atomic E-state index is -0.0527. The van der Waals surface area contributed by atoms with E-state index in [1.54, 1.807) is 12.1 Å². The molecule has 0 fully saturated rings. The average Bonchev–Trinajstić information content (AvgIpc) is 2.57. The number of aromatic nitrogens is 2. The molecule has 0 atom stereocenters. The van der Waals surface area contributed by atoms with Crippen LogP contribution in [0.1, 0.15) is 42.7 Å². The third kappa shape index (κ3) is 4.77. The number of nitrogens with zero attached hydrogens (tertiary/aromatic N) is 3. The summed E-state index contributed by atoms with van der Waals surface area (Å²) in [5, 5.41) is 11.4. The molecular formula is C18H24N4O. The summed E-state index contributed by atoms with van der Waals surface area (Å²) in [4.78, 5) is 14.3. The van der Waals surface area contributed by atoms with Crippen LogP contribution in [0.3, 0.4) is 0 Å². The largest absolute Gasteiger partial charge is 0.339 e. The first kappa shape index (κ1) is 16.9. The van der Waals surface area contributed by atoms with Gasteiger partial charge in [0.1, 0.15) is 0 Å². The van der Waals surface area contributed by atoms with Crippen molar-refractivity contribution < 1.29 is 4.79 Å². The molecule has 0 saturated heterocycles. The van der Waals surface area contributed by atoms with Crippen molar-refractivity contribution in [2.45, 2.75) is 33.6 Å². The molecule has 2 aromatic rings. The van der Waals surface area contributed by atoms with Gasteiger partial charge < -0.3 is 10.2 Å². The van der Waals surface area contributed by atoms with E-state index in [4.69, 9.17) is 0 Å². The molecule has 2 rings (SSSR count). The third-order valence-corrected chi connectivity index (χ3v) is 3.48. The van der Waals surface area contributed by atoms with Gasteiger partial charge >= 0.3 is 0 Å². The maximum atomic E-state index is 12.4. The maximum Gasteiger partial charge on any atom is 0.274 e. The van der Waals surface area contributed by atoms with E-state index < -0.39 is 0 Å². The fourth-order valence-corrected chi connectivity index (χ4v) is 2.31. The number of anilines is 2. The quantitative estimate of drug-likeness (QED) is 0.845. The van der Waals surface area contributed by atoms with Gasteiger partial charge in [0.2, 0.25) is 0 Å². The van der Waals surface area contributed by atoms with Crippen molar-refractivity contribution in [2.24, 2.45) is 0 Å². The molecule has 5 nitrogen and oxygen atoms in total. The van der Waals surface area contributed by atoms with E-state index in [0.717, 1.165) is 31.6 Å². The summed E-state index contributed by atoms with van der Waals surface area (Å²) in [5.41, 5.74) is 2.54. The Labute approximate surface area is 137 Å². The van der Waals surface area contributed by atoms with Crippen LogP contribution in [0.4, 0.5) is 11.5 Å². The summed E-state index contributed by atoms with van der Waals surface area (Å²) in [6, 6.07) is 11.5. The van der Waals surface area contributed by atoms with E-state index in [1.807, 2.05) is 36.1 Å². The Balaban J connectivity index is 2.05. The highest BCUT2D eigenvalue weighted by Crippen LogP contribution is 2.15. The van der Waals surface area contributed by atoms with Gasteiger partial charge in [-0.1, -0.05) is 31.5 Å². The number of amides is 1. The summed E-state index contributed by atoms with van der Waals surface area (Å²) in [7, 11) is 0. The monoisotopic (exact) mass is 312 g/mol. The summed E-state index contributed by atoms with van der Waals surface area (Å²) >= 11 is 0. The topological polar surface area (TPSA) is 58.1 Å². The highest BCUT2D eigenvalue weighted by Gasteiger charge is 2.16. The normalized spacial score (nSPS) is 10.4. The van der Waals surface area contributed by atoms with Crippen LogP contribution in [0, 0.1) is 6.92 Å². The first-order valence-corrected chi connectivity index (χ1v) is 8.10. The molecule has 0 spiro atoms. The first-order chi connectivity index (χ1) is 11.1. The Morgan fingerprint density at radius 2 is 1.65 bits per heavy atom. The van der Waals surface area contributed by atoms with Gasteiger partial charge in [0.15, 0.2) is 11.5 Å². The first-order valence-electron chi connectivity index (χ1n) is 8.10. The Hall–Kier alpha value is -2.43. The molecule has 23 heavy (non-hydrogen) atoms. The number of aryl methyl sites for hydroxylation is 1. The molecule has 0 unspecified atom stereocenters. The molecule has 0 radical (unpaired) electrons. The van der Waals surface area contributed by atoms with Crippen molar-refractivity contribution in [2.75, 3.05) is 18.4 Å². The summed E-state index contributed by atoms with van der Waals surface area (Å²) in [6.45, 7) is 7.67. The zero-order chi connectivity index (χ0) is 16.7. The lowest BCUT2D eigenvalue weighted by atomic mass is 10.2. The standard InChI is InChI=1S/C18H24N4O/c1-4-12-22(13-5-2)18(23)16-10-11-17(21-20-16)19-15-8-6-14(3)7-9-15/h6-11H,4-5,12-13H2,1-3H3,(H,19,21). The van der Waals surface area contributed by atoms with Gasteiger partial charge in [-0.25, -0.2) is 0 Å². The van der Waals surface area contributed by atoms with Gasteiger partial charge in [0, 0.05) is 18.8 Å². The van der Waals surface area contributed by atoms with E-state index in [-0.39, 0.29) is 5.91 Å². The Morgan fingerprint density at radius 3 is 2.17 bits per heavy atom. The minimum Gasteiger partial charge on any atom is -0.339 e. The lowest BCUT2D eigenvalue weighted by molar-refractivity contribution is 0.0748. The molecule has 5 heteroatoms. The van der Waals surface area contributed by atoms with Crippen LogP contribution in [-0.4, -0.2) is 34.1 Å². The average molecular weight is 312 g/mol. The van der Waals surface area contributed by atoms with Crippen LogP contribution in [0.15, 0.2) is 36.4 Å². The van der Waals surface area contributed by atoms with Gasteiger partial charge in [0.05, 0.1) is 0 Å². The lowest BCUT2D eigenvalue weighted by Gasteiger charge is -2.20. The molecule has 0 aliphatic heterocycles. The van der Waals surface area contributed by atoms with Crippen molar-refractivity contribution in [3.8, 4) is 0 Å². The Bertz CT molecular complexity index is 616. The SMILES string of the molecule is CCCN(CCC)C(=O)c1ccc(Nc2ccc(C)cc2)nn1. The zero-order valence-corrected chi connectivity index (χ0v) is 14.0. The van der Waals surface area contributed by atoms with Crippen molar-refractivity contribution in [1.29, 1.82) is 0 Å². The number of carbonyl (C=O) groups is 1. The molecule has 1 aromatic carbocycles. The van der Waals surface area contributed by atoms with Crippen LogP contribution in [-0.2, 0) is 0 Å². The van der Waals surface area contributed by atoms with Gasteiger partial charge in [-0.15, -0.1) is 10.2 Å². The van der Waals surface area contributed by atoms with Crippen molar-refractivity contribution >= 4 is 17.4 Å². The molecular weight excluding hydrogens is 288 g/mol. The smallest absolute Gasteiger partial charge is 0.274 e. The highest BCUT2D eigenvalue weighted by atomic mass is 16.2. The van der Waals surface area contributed by atoms with E-state index in [0.29, 0.717) is 11.5 Å². The fraction of sp³-hybridized carbons (Fsp3) is 0.389. The number of carbonyl (C=O) groups excluding carboxylic acids is 1. The number of rotatable bonds is 7. The van der Waals surface area contributed by atoms with Gasteiger partial charge in [-0.2, -0.15) is 0 Å². The zero-order valence-electron chi connectivity index (χ0n) is 14.0. The van der Waals surface area contributed by atoms with Crippen molar-refractivity contribution in [3.63, 3.8) is 0 Å². The second kappa shape index (κ2) is 8.27. The third-order valence-electron chi connectivity index (χ3n) is 3.48. The number of nitrogens with one attached hydrogen (secondary N) is 1. The maximum absolute atomic E-state index is 12.4. The van der Waals surface area contributed by atoms with Crippen LogP contribution in [0.2, 0.25) is 0 Å². The molecule has 1 aromatic heterocycles. The molecule has 0 saturated carbocycles. The molecule has 0 aliphatic carbocycles. The number of hydrogen-bond donors (Lipinski definition) is 1. The Kier molecular flexibility index (Phi) is 6.09. The Morgan fingerprint density at radius 1 is 1.00 bits per heavy atom. The molecule has 1 N–H and O–H groups in total. The van der Waals surface area contributed by atoms with E-state index >= 15 is 0 Å². The van der Waals surface area contributed by atoms with Crippen molar-refractivity contribution in [3.05, 3.63) is 47.7 Å². The second-order valence-corrected chi connectivity index (χ2v) is 5.59. The van der Waals surface area contributed by atoms with Gasteiger partial charge in [-0.3, -0.25) is 4.79 Å². The molecule has 0 aliphatic rings. The minimum absolute atomic E-state index is 0.0527. The van der Waals surface area contributed by atoms with Crippen LogP contribution in [0.5, 0.6) is 0 Å². The predicted octanol–water partition coefficient (Wildman–Crippen LogP) is 3.79. The predicted molar refractivity (Wildman–Crippen MR) is 93.0 cm³/mol. The van der Waals surface area contributed by atoms with Gasteiger partial charge in [-0.05, 0) is 44.0 Å². The number of benzene rings is 1. The summed E-state index contributed by atoms with van der Waals surface area (Å²) in [5.74, 6) is 0.575. The van der Waals surface area contributed by atoms with Gasteiger partial charge in [0.25, 0.3) is 5.91 Å².